The maximum absolute atomic E-state index is 11.0. The molecule has 0 aromatic carbocycles. The normalized spacial score (nSPS) is 10.5. The Bertz CT molecular complexity index is 651. The highest BCUT2D eigenvalue weighted by Gasteiger charge is 2.19. The van der Waals surface area contributed by atoms with Crippen molar-refractivity contribution in [3.05, 3.63) is 34.2 Å². The van der Waals surface area contributed by atoms with Crippen LogP contribution in [0.3, 0.4) is 0 Å². The molecule has 0 aliphatic rings. The van der Waals surface area contributed by atoms with Crippen molar-refractivity contribution >= 4 is 23.1 Å². The molecule has 0 aliphatic carbocycles. The number of carbonyl (C=O) groups is 2. The zero-order chi connectivity index (χ0) is 11.9. The number of nitrogens with one attached hydrogen (secondary N) is 1. The largest absolute Gasteiger partial charge is 0.477 e. The Hall–Kier alpha value is -2.57. The molecule has 0 amide bonds. The predicted octanol–water partition coefficient (Wildman–Crippen LogP) is 0.554. The summed E-state index contributed by atoms with van der Waals surface area (Å²) in [7, 11) is 0. The third-order valence-electron chi connectivity index (χ3n) is 2.10. The van der Waals surface area contributed by atoms with Gasteiger partial charge in [0, 0.05) is 11.5 Å². The fourth-order valence-corrected chi connectivity index (χ4v) is 1.46. The van der Waals surface area contributed by atoms with Crippen molar-refractivity contribution in [1.82, 2.24) is 9.55 Å². The molecule has 7 heteroatoms. The number of aromatic nitrogens is 2. The van der Waals surface area contributed by atoms with Crippen LogP contribution in [0.4, 0.5) is 4.79 Å². The fourth-order valence-electron chi connectivity index (χ4n) is 1.46. The lowest BCUT2D eigenvalue weighted by atomic mass is 10.3. The van der Waals surface area contributed by atoms with Crippen LogP contribution in [0.15, 0.2) is 23.0 Å². The van der Waals surface area contributed by atoms with Gasteiger partial charge < -0.3 is 15.2 Å². The average molecular weight is 222 g/mol. The molecule has 2 heterocycles. The number of aromatic carboxylic acids is 1. The van der Waals surface area contributed by atoms with Crippen LogP contribution in [0.1, 0.15) is 10.5 Å². The standard InChI is InChI=1S/C9H6N2O5/c12-6-2-1-4-3-5(8(13)14)11(9(15)16)7(4)10-6/h1-3H,(H,10,12)(H,13,14)(H,15,16). The van der Waals surface area contributed by atoms with Crippen molar-refractivity contribution in [3.63, 3.8) is 0 Å². The number of fused-ring (bicyclic) bond motifs is 1. The van der Waals surface area contributed by atoms with E-state index in [-0.39, 0.29) is 5.65 Å². The lowest BCUT2D eigenvalue weighted by Crippen LogP contribution is -2.17. The summed E-state index contributed by atoms with van der Waals surface area (Å²) in [5, 5.41) is 18.0. The number of H-pyrrole nitrogens is 1. The molecule has 7 nitrogen and oxygen atoms in total. The topological polar surface area (TPSA) is 112 Å². The molecule has 0 fully saturated rings. The highest BCUT2D eigenvalue weighted by molar-refractivity contribution is 5.99. The third-order valence-corrected chi connectivity index (χ3v) is 2.10. The van der Waals surface area contributed by atoms with Crippen LogP contribution in [-0.4, -0.2) is 31.8 Å². The summed E-state index contributed by atoms with van der Waals surface area (Å²) in [6, 6.07) is 3.74. The average Bonchev–Trinajstić information content (AvgIpc) is 2.55. The smallest absolute Gasteiger partial charge is 0.417 e. The van der Waals surface area contributed by atoms with Gasteiger partial charge in [-0.1, -0.05) is 0 Å². The van der Waals surface area contributed by atoms with Gasteiger partial charge in [-0.05, 0) is 12.1 Å². The summed E-state index contributed by atoms with van der Waals surface area (Å²) in [6.07, 6.45) is -1.46. The second kappa shape index (κ2) is 3.23. The van der Waals surface area contributed by atoms with Crippen molar-refractivity contribution in [3.8, 4) is 0 Å². The highest BCUT2D eigenvalue weighted by Crippen LogP contribution is 2.16. The number of nitrogens with zero attached hydrogens (tertiary/aromatic N) is 1. The molecule has 2 aromatic rings. The Balaban J connectivity index is 2.93. The van der Waals surface area contributed by atoms with Crippen molar-refractivity contribution < 1.29 is 19.8 Å². The minimum Gasteiger partial charge on any atom is -0.477 e. The lowest BCUT2D eigenvalue weighted by molar-refractivity contribution is 0.0684. The number of rotatable bonds is 1. The fraction of sp³-hybridized carbons (Fsp3) is 0. The molecular weight excluding hydrogens is 216 g/mol. The molecule has 0 saturated heterocycles. The maximum atomic E-state index is 11.0. The molecule has 2 aromatic heterocycles. The summed E-state index contributed by atoms with van der Waals surface area (Å²) in [5.41, 5.74) is -0.952. The van der Waals surface area contributed by atoms with E-state index >= 15 is 0 Å². The van der Waals surface area contributed by atoms with Crippen LogP contribution in [0.2, 0.25) is 0 Å². The van der Waals surface area contributed by atoms with Gasteiger partial charge in [-0.25, -0.2) is 14.2 Å². The van der Waals surface area contributed by atoms with Crippen LogP contribution in [-0.2, 0) is 0 Å². The van der Waals surface area contributed by atoms with Gasteiger partial charge in [-0.15, -0.1) is 0 Å². The quantitative estimate of drug-likeness (QED) is 0.652. The first-order chi connectivity index (χ1) is 7.50. The van der Waals surface area contributed by atoms with Gasteiger partial charge in [0.15, 0.2) is 0 Å². The minimum absolute atomic E-state index is 0.0441. The molecule has 0 spiro atoms. The van der Waals surface area contributed by atoms with Crippen LogP contribution < -0.4 is 5.56 Å². The first kappa shape index (κ1) is 9.97. The van der Waals surface area contributed by atoms with Crippen LogP contribution in [0.25, 0.3) is 11.0 Å². The van der Waals surface area contributed by atoms with Gasteiger partial charge in [0.05, 0.1) is 0 Å². The number of aromatic amines is 1. The summed E-state index contributed by atoms with van der Waals surface area (Å²) in [6.45, 7) is 0. The van der Waals surface area contributed by atoms with Crippen LogP contribution >= 0.6 is 0 Å². The van der Waals surface area contributed by atoms with E-state index in [1.165, 1.54) is 18.2 Å². The van der Waals surface area contributed by atoms with Gasteiger partial charge in [0.2, 0.25) is 5.56 Å². The van der Waals surface area contributed by atoms with E-state index in [4.69, 9.17) is 10.2 Å². The van der Waals surface area contributed by atoms with E-state index in [1.54, 1.807) is 0 Å². The zero-order valence-corrected chi connectivity index (χ0v) is 7.80. The number of carboxylic acids is 1. The molecule has 82 valence electrons. The Morgan fingerprint density at radius 1 is 1.25 bits per heavy atom. The number of pyridine rings is 1. The highest BCUT2D eigenvalue weighted by atomic mass is 16.4. The van der Waals surface area contributed by atoms with E-state index in [0.717, 1.165) is 0 Å². The minimum atomic E-state index is -1.46. The second-order valence-electron chi connectivity index (χ2n) is 3.08. The van der Waals surface area contributed by atoms with Crippen molar-refractivity contribution in [2.24, 2.45) is 0 Å². The molecule has 0 unspecified atom stereocenters. The Morgan fingerprint density at radius 2 is 1.94 bits per heavy atom. The SMILES string of the molecule is O=C(O)c1cc2ccc(=O)[nH]c2n1C(=O)O. The van der Waals surface area contributed by atoms with E-state index in [9.17, 15) is 14.4 Å². The van der Waals surface area contributed by atoms with Gasteiger partial charge >= 0.3 is 12.1 Å². The molecule has 0 atom stereocenters. The Kier molecular flexibility index (Phi) is 2.01. The van der Waals surface area contributed by atoms with E-state index in [0.29, 0.717) is 9.95 Å². The van der Waals surface area contributed by atoms with E-state index < -0.39 is 23.3 Å². The van der Waals surface area contributed by atoms with Crippen LogP contribution in [0, 0.1) is 0 Å². The summed E-state index contributed by atoms with van der Waals surface area (Å²) in [4.78, 5) is 35.0. The number of carboxylic acid groups (broad SMARTS) is 2. The molecular formula is C9H6N2O5. The monoisotopic (exact) mass is 222 g/mol. The summed E-state index contributed by atoms with van der Waals surface area (Å²) >= 11 is 0. The maximum Gasteiger partial charge on any atom is 0.417 e. The third kappa shape index (κ3) is 1.34. The number of hydrogen-bond acceptors (Lipinski definition) is 3. The molecule has 0 bridgehead atoms. The number of hydrogen-bond donors (Lipinski definition) is 3. The van der Waals surface area contributed by atoms with Gasteiger partial charge in [0.25, 0.3) is 0 Å². The Morgan fingerprint density at radius 3 is 2.50 bits per heavy atom. The van der Waals surface area contributed by atoms with Crippen molar-refractivity contribution in [1.29, 1.82) is 0 Å². The molecule has 3 N–H and O–H groups in total. The van der Waals surface area contributed by atoms with Crippen molar-refractivity contribution in [2.45, 2.75) is 0 Å². The zero-order valence-electron chi connectivity index (χ0n) is 7.80. The van der Waals surface area contributed by atoms with Gasteiger partial charge in [-0.2, -0.15) is 0 Å². The predicted molar refractivity (Wildman–Crippen MR) is 52.9 cm³/mol. The van der Waals surface area contributed by atoms with Gasteiger partial charge in [-0.3, -0.25) is 4.79 Å². The van der Waals surface area contributed by atoms with Crippen molar-refractivity contribution in [2.75, 3.05) is 0 Å². The summed E-state index contributed by atoms with van der Waals surface area (Å²) in [5.74, 6) is -1.38. The second-order valence-corrected chi connectivity index (χ2v) is 3.08. The summed E-state index contributed by atoms with van der Waals surface area (Å²) < 4.78 is 0.527. The van der Waals surface area contributed by atoms with E-state index in [2.05, 4.69) is 4.98 Å². The molecule has 0 radical (unpaired) electrons. The van der Waals surface area contributed by atoms with Crippen LogP contribution in [0.5, 0.6) is 0 Å². The lowest BCUT2D eigenvalue weighted by Gasteiger charge is -1.99. The first-order valence-electron chi connectivity index (χ1n) is 4.22. The Labute approximate surface area is 87.6 Å². The molecule has 0 saturated carbocycles. The molecule has 16 heavy (non-hydrogen) atoms. The first-order valence-corrected chi connectivity index (χ1v) is 4.22. The molecule has 2 rings (SSSR count). The van der Waals surface area contributed by atoms with E-state index in [1.807, 2.05) is 0 Å². The molecule has 0 aliphatic heterocycles. The van der Waals surface area contributed by atoms with Gasteiger partial charge in [0.1, 0.15) is 11.3 Å².